The molecule has 19 heavy (non-hydrogen) atoms. The number of hydrogen-bond donors (Lipinski definition) is 1. The summed E-state index contributed by atoms with van der Waals surface area (Å²) >= 11 is 0. The van der Waals surface area contributed by atoms with Gasteiger partial charge in [0.05, 0.1) is 12.8 Å². The summed E-state index contributed by atoms with van der Waals surface area (Å²) in [5.41, 5.74) is 2.88. The van der Waals surface area contributed by atoms with Crippen LogP contribution in [0.25, 0.3) is 5.65 Å². The first-order chi connectivity index (χ1) is 9.02. The highest BCUT2D eigenvalue weighted by Gasteiger charge is 2.16. The van der Waals surface area contributed by atoms with Gasteiger partial charge in [0, 0.05) is 24.5 Å². The number of carbonyl (C=O) groups is 1. The van der Waals surface area contributed by atoms with E-state index in [1.807, 2.05) is 26.8 Å². The zero-order valence-electron chi connectivity index (χ0n) is 11.6. The van der Waals surface area contributed by atoms with Crippen molar-refractivity contribution in [3.63, 3.8) is 0 Å². The number of rotatable bonds is 4. The summed E-state index contributed by atoms with van der Waals surface area (Å²) in [4.78, 5) is 16.5. The van der Waals surface area contributed by atoms with Gasteiger partial charge in [-0.05, 0) is 26.8 Å². The van der Waals surface area contributed by atoms with Crippen LogP contribution in [0.3, 0.4) is 0 Å². The molecule has 0 spiro atoms. The predicted octanol–water partition coefficient (Wildman–Crippen LogP) is 1.11. The molecule has 2 heterocycles. The van der Waals surface area contributed by atoms with Crippen molar-refractivity contribution in [1.82, 2.24) is 19.9 Å². The number of methoxy groups -OCH3 is 1. The van der Waals surface area contributed by atoms with Crippen LogP contribution < -0.4 is 5.32 Å². The van der Waals surface area contributed by atoms with Crippen molar-refractivity contribution in [3.05, 3.63) is 29.2 Å². The Morgan fingerprint density at radius 3 is 2.95 bits per heavy atom. The van der Waals surface area contributed by atoms with Crippen molar-refractivity contribution in [3.8, 4) is 0 Å². The quantitative estimate of drug-likeness (QED) is 0.896. The van der Waals surface area contributed by atoms with Gasteiger partial charge in [0.15, 0.2) is 5.65 Å². The minimum Gasteiger partial charge on any atom is -0.383 e. The summed E-state index contributed by atoms with van der Waals surface area (Å²) < 4.78 is 6.67. The van der Waals surface area contributed by atoms with Gasteiger partial charge in [-0.3, -0.25) is 4.79 Å². The lowest BCUT2D eigenvalue weighted by atomic mass is 10.2. The third-order valence-corrected chi connectivity index (χ3v) is 2.82. The standard InChI is InChI=1S/C13H18N4O2/c1-8-5-10(3)17-12(15-8)11(6-14-17)13(18)16-9(2)7-19-4/h5-6,9H,7H2,1-4H3,(H,16,18)/t9-/m1/s1. The third kappa shape index (κ3) is 2.73. The zero-order chi connectivity index (χ0) is 14.0. The van der Waals surface area contributed by atoms with E-state index >= 15 is 0 Å². The Morgan fingerprint density at radius 1 is 1.53 bits per heavy atom. The van der Waals surface area contributed by atoms with Crippen LogP contribution in [0.5, 0.6) is 0 Å². The molecule has 1 atom stereocenters. The van der Waals surface area contributed by atoms with Crippen LogP contribution in [-0.4, -0.2) is 40.3 Å². The van der Waals surface area contributed by atoms with E-state index in [1.165, 1.54) is 0 Å². The number of nitrogens with one attached hydrogen (secondary N) is 1. The van der Waals surface area contributed by atoms with Crippen LogP contribution in [-0.2, 0) is 4.74 Å². The molecule has 0 bridgehead atoms. The molecule has 6 nitrogen and oxygen atoms in total. The molecule has 1 N–H and O–H groups in total. The summed E-state index contributed by atoms with van der Waals surface area (Å²) in [6.45, 7) is 6.19. The van der Waals surface area contributed by atoms with Gasteiger partial charge < -0.3 is 10.1 Å². The van der Waals surface area contributed by atoms with Crippen LogP contribution in [0.2, 0.25) is 0 Å². The average Bonchev–Trinajstić information content (AvgIpc) is 2.72. The number of nitrogens with zero attached hydrogens (tertiary/aromatic N) is 3. The number of carbonyl (C=O) groups excluding carboxylic acids is 1. The van der Waals surface area contributed by atoms with Gasteiger partial charge in [0.1, 0.15) is 5.56 Å². The van der Waals surface area contributed by atoms with Crippen molar-refractivity contribution < 1.29 is 9.53 Å². The maximum Gasteiger partial charge on any atom is 0.257 e. The lowest BCUT2D eigenvalue weighted by molar-refractivity contribution is 0.0907. The smallest absolute Gasteiger partial charge is 0.257 e. The van der Waals surface area contributed by atoms with E-state index in [0.29, 0.717) is 17.8 Å². The molecule has 2 aromatic rings. The van der Waals surface area contributed by atoms with E-state index in [2.05, 4.69) is 15.4 Å². The highest BCUT2D eigenvalue weighted by Crippen LogP contribution is 2.11. The molecule has 0 aromatic carbocycles. The van der Waals surface area contributed by atoms with E-state index in [-0.39, 0.29) is 11.9 Å². The average molecular weight is 262 g/mol. The first kappa shape index (κ1) is 13.5. The molecule has 0 aliphatic rings. The summed E-state index contributed by atoms with van der Waals surface area (Å²) in [5, 5.41) is 7.05. The van der Waals surface area contributed by atoms with Gasteiger partial charge in [-0.2, -0.15) is 5.10 Å². The molecule has 0 saturated carbocycles. The molecule has 0 radical (unpaired) electrons. The Bertz CT molecular complexity index is 606. The number of ether oxygens (including phenoxy) is 1. The maximum atomic E-state index is 12.2. The van der Waals surface area contributed by atoms with Crippen molar-refractivity contribution in [2.75, 3.05) is 13.7 Å². The van der Waals surface area contributed by atoms with Crippen molar-refractivity contribution >= 4 is 11.6 Å². The summed E-state index contributed by atoms with van der Waals surface area (Å²) in [6, 6.07) is 1.87. The Morgan fingerprint density at radius 2 is 2.26 bits per heavy atom. The van der Waals surface area contributed by atoms with Gasteiger partial charge in [0.2, 0.25) is 0 Å². The third-order valence-electron chi connectivity index (χ3n) is 2.82. The van der Waals surface area contributed by atoms with Gasteiger partial charge >= 0.3 is 0 Å². The Labute approximate surface area is 111 Å². The topological polar surface area (TPSA) is 68.5 Å². The van der Waals surface area contributed by atoms with Crippen LogP contribution in [0.1, 0.15) is 28.7 Å². The van der Waals surface area contributed by atoms with Crippen molar-refractivity contribution in [1.29, 1.82) is 0 Å². The maximum absolute atomic E-state index is 12.2. The van der Waals surface area contributed by atoms with E-state index in [4.69, 9.17) is 4.74 Å². The molecule has 1 amide bonds. The van der Waals surface area contributed by atoms with E-state index in [0.717, 1.165) is 11.4 Å². The van der Waals surface area contributed by atoms with Gasteiger partial charge in [-0.1, -0.05) is 0 Å². The fourth-order valence-corrected chi connectivity index (χ4v) is 2.02. The number of aromatic nitrogens is 3. The fourth-order valence-electron chi connectivity index (χ4n) is 2.02. The number of fused-ring (bicyclic) bond motifs is 1. The summed E-state index contributed by atoms with van der Waals surface area (Å²) in [6.07, 6.45) is 1.55. The molecular formula is C13H18N4O2. The second kappa shape index (κ2) is 5.36. The molecule has 0 saturated heterocycles. The lowest BCUT2D eigenvalue weighted by Gasteiger charge is -2.11. The Hall–Kier alpha value is -1.95. The lowest BCUT2D eigenvalue weighted by Crippen LogP contribution is -2.35. The zero-order valence-corrected chi connectivity index (χ0v) is 11.6. The van der Waals surface area contributed by atoms with Gasteiger partial charge in [0.25, 0.3) is 5.91 Å². The van der Waals surface area contributed by atoms with Gasteiger partial charge in [-0.25, -0.2) is 9.50 Å². The van der Waals surface area contributed by atoms with Crippen LogP contribution in [0.15, 0.2) is 12.3 Å². The highest BCUT2D eigenvalue weighted by atomic mass is 16.5. The molecule has 0 aliphatic heterocycles. The van der Waals surface area contributed by atoms with Crippen LogP contribution >= 0.6 is 0 Å². The fraction of sp³-hybridized carbons (Fsp3) is 0.462. The summed E-state index contributed by atoms with van der Waals surface area (Å²) in [7, 11) is 1.60. The molecule has 0 aliphatic carbocycles. The first-order valence-electron chi connectivity index (χ1n) is 6.14. The largest absolute Gasteiger partial charge is 0.383 e. The predicted molar refractivity (Wildman–Crippen MR) is 71.3 cm³/mol. The van der Waals surface area contributed by atoms with Crippen LogP contribution in [0, 0.1) is 13.8 Å². The van der Waals surface area contributed by atoms with Gasteiger partial charge in [-0.15, -0.1) is 0 Å². The first-order valence-corrected chi connectivity index (χ1v) is 6.14. The molecule has 102 valence electrons. The van der Waals surface area contributed by atoms with E-state index < -0.39 is 0 Å². The minimum atomic E-state index is -0.183. The molecule has 6 heteroatoms. The second-order valence-electron chi connectivity index (χ2n) is 4.66. The second-order valence-corrected chi connectivity index (χ2v) is 4.66. The number of aryl methyl sites for hydroxylation is 2. The van der Waals surface area contributed by atoms with Crippen molar-refractivity contribution in [2.24, 2.45) is 0 Å². The molecule has 2 rings (SSSR count). The molecule has 0 fully saturated rings. The number of hydrogen-bond acceptors (Lipinski definition) is 4. The Balaban J connectivity index is 2.32. The van der Waals surface area contributed by atoms with E-state index in [9.17, 15) is 4.79 Å². The van der Waals surface area contributed by atoms with E-state index in [1.54, 1.807) is 17.8 Å². The normalized spacial score (nSPS) is 12.6. The minimum absolute atomic E-state index is 0.0571. The molecule has 0 unspecified atom stereocenters. The molecule has 2 aromatic heterocycles. The van der Waals surface area contributed by atoms with Crippen molar-refractivity contribution in [2.45, 2.75) is 26.8 Å². The molecular weight excluding hydrogens is 244 g/mol. The van der Waals surface area contributed by atoms with Crippen LogP contribution in [0.4, 0.5) is 0 Å². The number of amides is 1. The SMILES string of the molecule is COC[C@@H](C)NC(=O)c1cnn2c(C)cc(C)nc12. The summed E-state index contributed by atoms with van der Waals surface area (Å²) in [5.74, 6) is -0.183. The Kier molecular flexibility index (Phi) is 3.80. The highest BCUT2D eigenvalue weighted by molar-refractivity contribution is 5.99. The monoisotopic (exact) mass is 262 g/mol.